The van der Waals surface area contributed by atoms with Gasteiger partial charge in [-0.15, -0.1) is 11.3 Å². The van der Waals surface area contributed by atoms with Crippen LogP contribution in [0.3, 0.4) is 0 Å². The third kappa shape index (κ3) is 3.23. The first-order valence-corrected chi connectivity index (χ1v) is 7.00. The standard InChI is InChI=1S/C12H14ClNO3S/c13-10-4-3-9(18-10)6-14-11(15)7-1-2-8(5-7)12(16)17/h3-4,7-8H,1-2,5-6H2,(H,14,15)(H,16,17)/t7-,8+/m0/s1. The van der Waals surface area contributed by atoms with Crippen molar-refractivity contribution in [3.63, 3.8) is 0 Å². The van der Waals surface area contributed by atoms with E-state index in [2.05, 4.69) is 5.32 Å². The van der Waals surface area contributed by atoms with E-state index < -0.39 is 5.97 Å². The van der Waals surface area contributed by atoms with Crippen LogP contribution in [0.25, 0.3) is 0 Å². The van der Waals surface area contributed by atoms with Gasteiger partial charge in [0.1, 0.15) is 0 Å². The van der Waals surface area contributed by atoms with E-state index in [0.717, 1.165) is 4.88 Å². The fraction of sp³-hybridized carbons (Fsp3) is 0.500. The molecule has 6 heteroatoms. The number of hydrogen-bond donors (Lipinski definition) is 2. The molecule has 2 N–H and O–H groups in total. The molecule has 2 atom stereocenters. The third-order valence-corrected chi connectivity index (χ3v) is 4.45. The molecule has 0 radical (unpaired) electrons. The highest BCUT2D eigenvalue weighted by Gasteiger charge is 2.33. The molecule has 0 aromatic carbocycles. The molecule has 18 heavy (non-hydrogen) atoms. The number of nitrogens with one attached hydrogen (secondary N) is 1. The number of amides is 1. The minimum Gasteiger partial charge on any atom is -0.481 e. The number of carboxylic acids is 1. The third-order valence-electron chi connectivity index (χ3n) is 3.22. The summed E-state index contributed by atoms with van der Waals surface area (Å²) in [5, 5.41) is 11.7. The van der Waals surface area contributed by atoms with Gasteiger partial charge in [-0.25, -0.2) is 0 Å². The maximum Gasteiger partial charge on any atom is 0.306 e. The second kappa shape index (κ2) is 5.71. The van der Waals surface area contributed by atoms with Gasteiger partial charge in [-0.05, 0) is 31.4 Å². The molecule has 1 amide bonds. The van der Waals surface area contributed by atoms with Crippen molar-refractivity contribution in [3.8, 4) is 0 Å². The molecule has 1 fully saturated rings. The van der Waals surface area contributed by atoms with Gasteiger partial charge < -0.3 is 10.4 Å². The Morgan fingerprint density at radius 2 is 2.11 bits per heavy atom. The lowest BCUT2D eigenvalue weighted by Crippen LogP contribution is -2.29. The topological polar surface area (TPSA) is 66.4 Å². The molecular weight excluding hydrogens is 274 g/mol. The number of hydrogen-bond acceptors (Lipinski definition) is 3. The van der Waals surface area contributed by atoms with Crippen LogP contribution in [0.1, 0.15) is 24.1 Å². The minimum atomic E-state index is -0.796. The fourth-order valence-electron chi connectivity index (χ4n) is 2.21. The Kier molecular flexibility index (Phi) is 4.24. The highest BCUT2D eigenvalue weighted by Crippen LogP contribution is 2.31. The van der Waals surface area contributed by atoms with Gasteiger partial charge in [-0.2, -0.15) is 0 Å². The Morgan fingerprint density at radius 3 is 2.67 bits per heavy atom. The van der Waals surface area contributed by atoms with Crippen molar-refractivity contribution in [3.05, 3.63) is 21.3 Å². The minimum absolute atomic E-state index is 0.0525. The molecule has 1 heterocycles. The summed E-state index contributed by atoms with van der Waals surface area (Å²) in [5.74, 6) is -1.38. The quantitative estimate of drug-likeness (QED) is 0.894. The van der Waals surface area contributed by atoms with Crippen molar-refractivity contribution in [1.82, 2.24) is 5.32 Å². The Labute approximate surface area is 114 Å². The Bertz CT molecular complexity index is 460. The summed E-state index contributed by atoms with van der Waals surface area (Å²) < 4.78 is 0.700. The first kappa shape index (κ1) is 13.4. The van der Waals surface area contributed by atoms with Crippen LogP contribution >= 0.6 is 22.9 Å². The molecule has 0 bridgehead atoms. The molecule has 0 saturated heterocycles. The van der Waals surface area contributed by atoms with Crippen LogP contribution in [-0.2, 0) is 16.1 Å². The summed E-state index contributed by atoms with van der Waals surface area (Å²) >= 11 is 7.23. The van der Waals surface area contributed by atoms with Crippen molar-refractivity contribution in [2.45, 2.75) is 25.8 Å². The van der Waals surface area contributed by atoms with Crippen molar-refractivity contribution in [2.75, 3.05) is 0 Å². The lowest BCUT2D eigenvalue weighted by Gasteiger charge is -2.09. The number of carbonyl (C=O) groups excluding carboxylic acids is 1. The Balaban J connectivity index is 1.80. The average molecular weight is 288 g/mol. The van der Waals surface area contributed by atoms with E-state index in [-0.39, 0.29) is 17.7 Å². The zero-order valence-electron chi connectivity index (χ0n) is 9.69. The molecule has 2 rings (SSSR count). The van der Waals surface area contributed by atoms with E-state index in [0.29, 0.717) is 30.1 Å². The van der Waals surface area contributed by atoms with Gasteiger partial charge in [0.15, 0.2) is 0 Å². The summed E-state index contributed by atoms with van der Waals surface area (Å²) in [4.78, 5) is 23.7. The predicted octanol–water partition coefficient (Wildman–Crippen LogP) is 2.52. The fourth-order valence-corrected chi connectivity index (χ4v) is 3.24. The van der Waals surface area contributed by atoms with Crippen LogP contribution in [0.2, 0.25) is 4.34 Å². The van der Waals surface area contributed by atoms with Gasteiger partial charge in [-0.3, -0.25) is 9.59 Å². The number of rotatable bonds is 4. The molecule has 0 aliphatic heterocycles. The van der Waals surface area contributed by atoms with Crippen molar-refractivity contribution >= 4 is 34.8 Å². The highest BCUT2D eigenvalue weighted by molar-refractivity contribution is 7.16. The number of halogens is 1. The number of carbonyl (C=O) groups is 2. The first-order valence-electron chi connectivity index (χ1n) is 5.81. The van der Waals surface area contributed by atoms with Crippen LogP contribution in [-0.4, -0.2) is 17.0 Å². The predicted molar refractivity (Wildman–Crippen MR) is 69.6 cm³/mol. The highest BCUT2D eigenvalue weighted by atomic mass is 35.5. The normalized spacial score (nSPS) is 22.9. The smallest absolute Gasteiger partial charge is 0.306 e. The second-order valence-electron chi connectivity index (χ2n) is 4.47. The maximum atomic E-state index is 11.9. The van der Waals surface area contributed by atoms with Crippen molar-refractivity contribution < 1.29 is 14.7 Å². The first-order chi connectivity index (χ1) is 8.56. The van der Waals surface area contributed by atoms with E-state index in [4.69, 9.17) is 16.7 Å². The zero-order chi connectivity index (χ0) is 13.1. The van der Waals surface area contributed by atoms with E-state index in [1.54, 1.807) is 6.07 Å². The van der Waals surface area contributed by atoms with E-state index in [9.17, 15) is 9.59 Å². The van der Waals surface area contributed by atoms with Crippen molar-refractivity contribution in [1.29, 1.82) is 0 Å². The average Bonchev–Trinajstić information content (AvgIpc) is 2.94. The Hall–Kier alpha value is -1.07. The molecule has 0 spiro atoms. The van der Waals surface area contributed by atoms with Gasteiger partial charge in [0.2, 0.25) is 5.91 Å². The van der Waals surface area contributed by atoms with E-state index >= 15 is 0 Å². The van der Waals surface area contributed by atoms with Crippen LogP contribution in [0.5, 0.6) is 0 Å². The van der Waals surface area contributed by atoms with Gasteiger partial charge in [-0.1, -0.05) is 11.6 Å². The molecule has 0 unspecified atom stereocenters. The summed E-state index contributed by atoms with van der Waals surface area (Å²) in [5.41, 5.74) is 0. The number of aliphatic carboxylic acids is 1. The summed E-state index contributed by atoms with van der Waals surface area (Å²) in [6.45, 7) is 0.463. The van der Waals surface area contributed by atoms with Gasteiger partial charge >= 0.3 is 5.97 Å². The number of carboxylic acid groups (broad SMARTS) is 1. The number of thiophene rings is 1. The summed E-state index contributed by atoms with van der Waals surface area (Å²) in [6, 6.07) is 3.67. The molecule has 4 nitrogen and oxygen atoms in total. The van der Waals surface area contributed by atoms with Crippen LogP contribution < -0.4 is 5.32 Å². The molecule has 1 aromatic rings. The lowest BCUT2D eigenvalue weighted by atomic mass is 10.0. The van der Waals surface area contributed by atoms with E-state index in [1.807, 2.05) is 6.07 Å². The lowest BCUT2D eigenvalue weighted by molar-refractivity contribution is -0.141. The maximum absolute atomic E-state index is 11.9. The molecule has 98 valence electrons. The van der Waals surface area contributed by atoms with Gasteiger partial charge in [0.05, 0.1) is 16.8 Å². The Morgan fingerprint density at radius 1 is 1.39 bits per heavy atom. The SMILES string of the molecule is O=C(O)[C@@H]1CC[C@H](C(=O)NCc2ccc(Cl)s2)C1. The largest absolute Gasteiger partial charge is 0.481 e. The molecule has 1 aliphatic rings. The van der Waals surface area contributed by atoms with E-state index in [1.165, 1.54) is 11.3 Å². The summed E-state index contributed by atoms with van der Waals surface area (Å²) in [6.07, 6.45) is 1.71. The molecule has 1 aromatic heterocycles. The summed E-state index contributed by atoms with van der Waals surface area (Å²) in [7, 11) is 0. The van der Waals surface area contributed by atoms with Crippen LogP contribution in [0.15, 0.2) is 12.1 Å². The van der Waals surface area contributed by atoms with Crippen molar-refractivity contribution in [2.24, 2.45) is 11.8 Å². The molecule has 1 saturated carbocycles. The molecular formula is C12H14ClNO3S. The van der Waals surface area contributed by atoms with Gasteiger partial charge in [0, 0.05) is 10.8 Å². The molecule has 1 aliphatic carbocycles. The van der Waals surface area contributed by atoms with Crippen LogP contribution in [0.4, 0.5) is 0 Å². The van der Waals surface area contributed by atoms with Gasteiger partial charge in [0.25, 0.3) is 0 Å². The van der Waals surface area contributed by atoms with Crippen LogP contribution in [0, 0.1) is 11.8 Å². The monoisotopic (exact) mass is 287 g/mol. The zero-order valence-corrected chi connectivity index (χ0v) is 11.3. The second-order valence-corrected chi connectivity index (χ2v) is 6.27.